The zero-order valence-electron chi connectivity index (χ0n) is 16.8. The van der Waals surface area contributed by atoms with Gasteiger partial charge in [0.15, 0.2) is 5.78 Å². The molecular formula is C25H23N3O2. The van der Waals surface area contributed by atoms with Crippen molar-refractivity contribution in [3.63, 3.8) is 0 Å². The molecule has 3 aromatic carbocycles. The lowest BCUT2D eigenvalue weighted by Gasteiger charge is -2.10. The molecule has 0 unspecified atom stereocenters. The number of carbonyl (C=O) groups is 2. The number of nitrogens with zero attached hydrogens (tertiary/aromatic N) is 1. The minimum atomic E-state index is -0.240. The molecule has 150 valence electrons. The Balaban J connectivity index is 1.38. The molecule has 0 radical (unpaired) electrons. The third kappa shape index (κ3) is 4.30. The summed E-state index contributed by atoms with van der Waals surface area (Å²) in [5.41, 5.74) is 4.43. The van der Waals surface area contributed by atoms with E-state index in [1.165, 1.54) is 0 Å². The molecule has 0 aliphatic carbocycles. The van der Waals surface area contributed by atoms with E-state index < -0.39 is 0 Å². The van der Waals surface area contributed by atoms with Crippen LogP contribution in [0.5, 0.6) is 0 Å². The van der Waals surface area contributed by atoms with E-state index in [0.29, 0.717) is 23.2 Å². The van der Waals surface area contributed by atoms with Gasteiger partial charge in [0.05, 0.1) is 16.6 Å². The van der Waals surface area contributed by atoms with Gasteiger partial charge >= 0.3 is 0 Å². The maximum atomic E-state index is 12.9. The van der Waals surface area contributed by atoms with Gasteiger partial charge in [-0.05, 0) is 31.5 Å². The van der Waals surface area contributed by atoms with Gasteiger partial charge in [0.2, 0.25) is 0 Å². The highest BCUT2D eigenvalue weighted by atomic mass is 16.2. The second-order valence-electron chi connectivity index (χ2n) is 7.30. The quantitative estimate of drug-likeness (QED) is 0.357. The van der Waals surface area contributed by atoms with Crippen LogP contribution in [0.2, 0.25) is 0 Å². The Labute approximate surface area is 175 Å². The van der Waals surface area contributed by atoms with E-state index in [4.69, 9.17) is 0 Å². The number of aromatic nitrogens is 2. The van der Waals surface area contributed by atoms with Crippen molar-refractivity contribution in [2.24, 2.45) is 0 Å². The Bertz CT molecular complexity index is 1160. The molecule has 5 heteroatoms. The lowest BCUT2D eigenvalue weighted by molar-refractivity contribution is 0.0941. The van der Waals surface area contributed by atoms with Crippen LogP contribution in [0.1, 0.15) is 44.1 Å². The lowest BCUT2D eigenvalue weighted by Crippen LogP contribution is -2.26. The molecule has 4 aromatic rings. The number of carbonyl (C=O) groups excluding carboxylic acids is 2. The van der Waals surface area contributed by atoms with E-state index in [0.717, 1.165) is 35.3 Å². The van der Waals surface area contributed by atoms with Gasteiger partial charge in [-0.1, -0.05) is 60.2 Å². The second kappa shape index (κ2) is 8.74. The highest BCUT2D eigenvalue weighted by Crippen LogP contribution is 2.16. The van der Waals surface area contributed by atoms with Crippen molar-refractivity contribution in [2.45, 2.75) is 19.8 Å². The van der Waals surface area contributed by atoms with Crippen LogP contribution in [0.15, 0.2) is 72.8 Å². The molecule has 5 nitrogen and oxygen atoms in total. The standard InChI is InChI=1S/C25H23N3O2/c1-17-12-14-18(15-13-17)24(29)19-7-2-3-8-20(19)25(30)26-16-6-11-23-27-21-9-4-5-10-22(21)28-23/h2-5,7-10,12-15H,6,11,16H2,1H3,(H,26,30)(H,27,28). The molecule has 0 saturated carbocycles. The minimum absolute atomic E-state index is 0.150. The van der Waals surface area contributed by atoms with Crippen LogP contribution in [0.4, 0.5) is 0 Å². The Morgan fingerprint density at radius 2 is 1.60 bits per heavy atom. The topological polar surface area (TPSA) is 74.8 Å². The average molecular weight is 397 g/mol. The van der Waals surface area contributed by atoms with Crippen molar-refractivity contribution in [1.82, 2.24) is 15.3 Å². The summed E-state index contributed by atoms with van der Waals surface area (Å²) in [6.07, 6.45) is 1.48. The number of fused-ring (bicyclic) bond motifs is 1. The number of amides is 1. The van der Waals surface area contributed by atoms with E-state index >= 15 is 0 Å². The fourth-order valence-corrected chi connectivity index (χ4v) is 3.42. The fraction of sp³-hybridized carbons (Fsp3) is 0.160. The first kappa shape index (κ1) is 19.6. The lowest BCUT2D eigenvalue weighted by atomic mass is 9.97. The van der Waals surface area contributed by atoms with E-state index in [-0.39, 0.29) is 11.7 Å². The molecule has 2 N–H and O–H groups in total. The first-order valence-corrected chi connectivity index (χ1v) is 10.0. The molecule has 1 heterocycles. The number of nitrogens with one attached hydrogen (secondary N) is 2. The second-order valence-corrected chi connectivity index (χ2v) is 7.30. The predicted molar refractivity (Wildman–Crippen MR) is 118 cm³/mol. The molecular weight excluding hydrogens is 374 g/mol. The van der Waals surface area contributed by atoms with E-state index in [1.807, 2.05) is 43.3 Å². The number of H-pyrrole nitrogens is 1. The molecule has 30 heavy (non-hydrogen) atoms. The van der Waals surface area contributed by atoms with Crippen LogP contribution in [0.25, 0.3) is 11.0 Å². The van der Waals surface area contributed by atoms with E-state index in [1.54, 1.807) is 36.4 Å². The van der Waals surface area contributed by atoms with Gasteiger partial charge in [-0.2, -0.15) is 0 Å². The molecule has 0 bridgehead atoms. The van der Waals surface area contributed by atoms with Crippen LogP contribution in [0, 0.1) is 6.92 Å². The number of aryl methyl sites for hydroxylation is 2. The molecule has 0 aliphatic rings. The van der Waals surface area contributed by atoms with Crippen LogP contribution < -0.4 is 5.32 Å². The number of benzene rings is 3. The van der Waals surface area contributed by atoms with Crippen molar-refractivity contribution < 1.29 is 9.59 Å². The maximum absolute atomic E-state index is 12.9. The monoisotopic (exact) mass is 397 g/mol. The SMILES string of the molecule is Cc1ccc(C(=O)c2ccccc2C(=O)NCCCc2nc3ccccc3[nH]2)cc1. The van der Waals surface area contributed by atoms with Crippen LogP contribution in [0.3, 0.4) is 0 Å². The van der Waals surface area contributed by atoms with Gasteiger partial charge < -0.3 is 10.3 Å². The maximum Gasteiger partial charge on any atom is 0.252 e. The number of imidazole rings is 1. The molecule has 1 amide bonds. The molecule has 0 spiro atoms. The molecule has 4 rings (SSSR count). The first-order valence-electron chi connectivity index (χ1n) is 10.0. The van der Waals surface area contributed by atoms with Gasteiger partial charge in [-0.25, -0.2) is 4.98 Å². The summed E-state index contributed by atoms with van der Waals surface area (Å²) in [5.74, 6) is 0.513. The van der Waals surface area contributed by atoms with Crippen molar-refractivity contribution >= 4 is 22.7 Å². The van der Waals surface area contributed by atoms with Crippen LogP contribution in [-0.4, -0.2) is 28.2 Å². The third-order valence-electron chi connectivity index (χ3n) is 5.04. The number of aromatic amines is 1. The van der Waals surface area contributed by atoms with Crippen molar-refractivity contribution in [1.29, 1.82) is 0 Å². The van der Waals surface area contributed by atoms with Gasteiger partial charge in [0.25, 0.3) is 5.91 Å². The summed E-state index contributed by atoms with van der Waals surface area (Å²) in [5, 5.41) is 2.93. The molecule has 0 atom stereocenters. The Morgan fingerprint density at radius 3 is 2.37 bits per heavy atom. The number of ketones is 1. The van der Waals surface area contributed by atoms with E-state index in [9.17, 15) is 9.59 Å². The normalized spacial score (nSPS) is 10.8. The van der Waals surface area contributed by atoms with Gasteiger partial charge in [-0.3, -0.25) is 9.59 Å². The van der Waals surface area contributed by atoms with Gasteiger partial charge in [0.1, 0.15) is 5.82 Å². The molecule has 1 aromatic heterocycles. The van der Waals surface area contributed by atoms with Crippen molar-refractivity contribution in [3.8, 4) is 0 Å². The summed E-state index contributed by atoms with van der Waals surface area (Å²) in [6, 6.07) is 22.2. The van der Waals surface area contributed by atoms with Gasteiger partial charge in [0, 0.05) is 24.1 Å². The summed E-state index contributed by atoms with van der Waals surface area (Å²) in [7, 11) is 0. The zero-order valence-corrected chi connectivity index (χ0v) is 16.8. The molecule has 0 aliphatic heterocycles. The predicted octanol–water partition coefficient (Wildman–Crippen LogP) is 4.46. The highest BCUT2D eigenvalue weighted by Gasteiger charge is 2.17. The first-order chi connectivity index (χ1) is 14.6. The molecule has 0 fully saturated rings. The third-order valence-corrected chi connectivity index (χ3v) is 5.04. The number of para-hydroxylation sites is 2. The fourth-order valence-electron chi connectivity index (χ4n) is 3.42. The summed E-state index contributed by atoms with van der Waals surface area (Å²) in [6.45, 7) is 2.48. The number of hydrogen-bond acceptors (Lipinski definition) is 3. The van der Waals surface area contributed by atoms with Crippen LogP contribution in [-0.2, 0) is 6.42 Å². The Morgan fingerprint density at radius 1 is 0.900 bits per heavy atom. The Hall–Kier alpha value is -3.73. The average Bonchev–Trinajstić information content (AvgIpc) is 3.19. The summed E-state index contributed by atoms with van der Waals surface area (Å²) < 4.78 is 0. The highest BCUT2D eigenvalue weighted by molar-refractivity contribution is 6.15. The zero-order chi connectivity index (χ0) is 20.9. The minimum Gasteiger partial charge on any atom is -0.352 e. The smallest absolute Gasteiger partial charge is 0.252 e. The van der Waals surface area contributed by atoms with Crippen LogP contribution >= 0.6 is 0 Å². The van der Waals surface area contributed by atoms with Crippen molar-refractivity contribution in [3.05, 3.63) is 101 Å². The largest absolute Gasteiger partial charge is 0.352 e. The van der Waals surface area contributed by atoms with Crippen molar-refractivity contribution in [2.75, 3.05) is 6.54 Å². The summed E-state index contributed by atoms with van der Waals surface area (Å²) >= 11 is 0. The van der Waals surface area contributed by atoms with E-state index in [2.05, 4.69) is 15.3 Å². The molecule has 0 saturated heterocycles. The van der Waals surface area contributed by atoms with Gasteiger partial charge in [-0.15, -0.1) is 0 Å². The Kier molecular flexibility index (Phi) is 5.70. The summed E-state index contributed by atoms with van der Waals surface area (Å²) in [4.78, 5) is 33.5. The number of hydrogen-bond donors (Lipinski definition) is 2. The number of rotatable bonds is 7.